The van der Waals surface area contributed by atoms with Gasteiger partial charge in [-0.3, -0.25) is 4.79 Å². The summed E-state index contributed by atoms with van der Waals surface area (Å²) < 4.78 is 5.90. The summed E-state index contributed by atoms with van der Waals surface area (Å²) in [5.41, 5.74) is 6.62. The quantitative estimate of drug-likeness (QED) is 0.133. The van der Waals surface area contributed by atoms with E-state index in [4.69, 9.17) is 21.3 Å². The average molecular weight is 620 g/mol. The lowest BCUT2D eigenvalue weighted by atomic mass is 9.87. The zero-order valence-corrected chi connectivity index (χ0v) is 26.8. The molecule has 0 saturated carbocycles. The predicted octanol–water partition coefficient (Wildman–Crippen LogP) is 9.20. The zero-order chi connectivity index (χ0) is 31.0. The first-order valence-corrected chi connectivity index (χ1v) is 16.6. The van der Waals surface area contributed by atoms with Crippen molar-refractivity contribution in [2.75, 3.05) is 19.6 Å². The maximum Gasteiger partial charge on any atom is 0.170 e. The largest absolute Gasteiger partial charge is 0.486 e. The molecule has 0 spiro atoms. The number of ketones is 1. The van der Waals surface area contributed by atoms with E-state index in [-0.39, 0.29) is 11.7 Å². The maximum atomic E-state index is 13.5. The molecule has 0 bridgehead atoms. The van der Waals surface area contributed by atoms with Gasteiger partial charge in [-0.15, -0.1) is 0 Å². The van der Waals surface area contributed by atoms with E-state index in [0.29, 0.717) is 17.5 Å². The van der Waals surface area contributed by atoms with Gasteiger partial charge in [0.1, 0.15) is 18.2 Å². The van der Waals surface area contributed by atoms with Gasteiger partial charge >= 0.3 is 0 Å². The number of hydrogen-bond acceptors (Lipinski definition) is 4. The van der Waals surface area contributed by atoms with Crippen LogP contribution in [0.2, 0.25) is 5.02 Å². The van der Waals surface area contributed by atoms with E-state index >= 15 is 0 Å². The maximum absolute atomic E-state index is 13.5. The highest BCUT2D eigenvalue weighted by Crippen LogP contribution is 2.29. The Hall–Kier alpha value is -3.93. The Bertz CT molecular complexity index is 1680. The van der Waals surface area contributed by atoms with Crippen LogP contribution in [0.4, 0.5) is 0 Å². The molecule has 1 aliphatic rings. The molecular weight excluding hydrogens is 578 g/mol. The Morgan fingerprint density at radius 1 is 1.00 bits per heavy atom. The molecule has 2 unspecified atom stereocenters. The molecule has 2 atom stereocenters. The van der Waals surface area contributed by atoms with Crippen molar-refractivity contribution >= 4 is 28.4 Å². The molecule has 5 aromatic rings. The summed E-state index contributed by atoms with van der Waals surface area (Å²) in [5, 5.41) is 0.694. The first kappa shape index (κ1) is 31.1. The minimum Gasteiger partial charge on any atom is -0.486 e. The summed E-state index contributed by atoms with van der Waals surface area (Å²) in [6, 6.07) is 31.9. The third kappa shape index (κ3) is 8.02. The molecule has 1 fully saturated rings. The second-order valence-electron chi connectivity index (χ2n) is 12.4. The Kier molecular flexibility index (Phi) is 10.3. The van der Waals surface area contributed by atoms with E-state index < -0.39 is 0 Å². The highest BCUT2D eigenvalue weighted by atomic mass is 35.5. The van der Waals surface area contributed by atoms with Crippen LogP contribution in [0.25, 0.3) is 11.0 Å². The van der Waals surface area contributed by atoms with Crippen LogP contribution in [0.5, 0.6) is 5.75 Å². The normalized spacial score (nSPS) is 16.1. The third-order valence-corrected chi connectivity index (χ3v) is 9.48. The van der Waals surface area contributed by atoms with Gasteiger partial charge in [-0.25, -0.2) is 4.98 Å². The molecule has 0 aliphatic carbocycles. The van der Waals surface area contributed by atoms with Crippen LogP contribution in [0.1, 0.15) is 70.9 Å². The lowest BCUT2D eigenvalue weighted by Crippen LogP contribution is -2.37. The number of benzene rings is 4. The molecule has 1 aliphatic heterocycles. The Morgan fingerprint density at radius 2 is 1.76 bits per heavy atom. The summed E-state index contributed by atoms with van der Waals surface area (Å²) in [4.78, 5) is 24.4. The number of carbonyl (C=O) groups is 1. The molecule has 1 aromatic heterocycles. The van der Waals surface area contributed by atoms with Crippen molar-refractivity contribution in [2.45, 2.75) is 58.0 Å². The number of halogens is 1. The first-order valence-electron chi connectivity index (χ1n) is 16.3. The number of aryl methyl sites for hydroxylation is 2. The molecule has 2 heterocycles. The lowest BCUT2D eigenvalue weighted by Gasteiger charge is -2.33. The van der Waals surface area contributed by atoms with Gasteiger partial charge in [-0.05, 0) is 111 Å². The predicted molar refractivity (Wildman–Crippen MR) is 183 cm³/mol. The average Bonchev–Trinajstić information content (AvgIpc) is 3.51. The van der Waals surface area contributed by atoms with Gasteiger partial charge in [0.15, 0.2) is 5.78 Å². The topological polar surface area (TPSA) is 58.2 Å². The second-order valence-corrected chi connectivity index (χ2v) is 12.8. The Morgan fingerprint density at radius 3 is 2.53 bits per heavy atom. The van der Waals surface area contributed by atoms with Gasteiger partial charge in [0, 0.05) is 23.0 Å². The number of aromatic amines is 1. The van der Waals surface area contributed by atoms with E-state index in [1.54, 1.807) is 0 Å². The minimum atomic E-state index is -0.113. The number of likely N-dealkylation sites (tertiary alicyclic amines) is 1. The number of aromatic nitrogens is 2. The Labute approximate surface area is 271 Å². The number of hydrogen-bond donors (Lipinski definition) is 1. The molecule has 45 heavy (non-hydrogen) atoms. The van der Waals surface area contributed by atoms with Gasteiger partial charge in [0.05, 0.1) is 11.0 Å². The number of nitrogens with zero attached hydrogens (tertiary/aromatic N) is 2. The SMILES string of the molecule is Cc1c(CCCC2CCCN(CCC(C(=O)c3ccccc3)c3ccccc3)C2)ccc2[nH]c(COc3ccc(Cl)cc3)nc12. The third-order valence-electron chi connectivity index (χ3n) is 9.23. The van der Waals surface area contributed by atoms with E-state index in [1.165, 1.54) is 36.8 Å². The van der Waals surface area contributed by atoms with Gasteiger partial charge in [0.2, 0.25) is 0 Å². The standard InChI is InChI=1S/C39H42ClN3O2/c1-28-30(17-22-36-38(28)42-37(41-36)27-45-34-20-18-33(40)19-21-34)16-8-10-29-11-9-24-43(26-29)25-23-35(31-12-4-2-5-13-31)39(44)32-14-6-3-7-15-32/h2-7,12-15,17-22,29,35H,8-11,16,23-27H2,1H3,(H,41,42). The molecule has 232 valence electrons. The van der Waals surface area contributed by atoms with Gasteiger partial charge in [-0.2, -0.15) is 0 Å². The fourth-order valence-corrected chi connectivity index (χ4v) is 6.87. The van der Waals surface area contributed by atoms with Gasteiger partial charge in [0.25, 0.3) is 0 Å². The highest BCUT2D eigenvalue weighted by molar-refractivity contribution is 6.30. The van der Waals surface area contributed by atoms with Crippen LogP contribution in [0.3, 0.4) is 0 Å². The minimum absolute atomic E-state index is 0.113. The fourth-order valence-electron chi connectivity index (χ4n) is 6.75. The van der Waals surface area contributed by atoms with Gasteiger partial charge < -0.3 is 14.6 Å². The molecule has 1 saturated heterocycles. The molecule has 4 aromatic carbocycles. The van der Waals surface area contributed by atoms with Crippen LogP contribution in [0, 0.1) is 12.8 Å². The number of imidazole rings is 1. The number of Topliss-reactive ketones (excluding diaryl/α,β-unsaturated/α-hetero) is 1. The van der Waals surface area contributed by atoms with Crippen LogP contribution >= 0.6 is 11.6 Å². The van der Waals surface area contributed by atoms with Crippen molar-refractivity contribution in [3.8, 4) is 5.75 Å². The number of H-pyrrole nitrogens is 1. The molecule has 1 N–H and O–H groups in total. The van der Waals surface area contributed by atoms with Crippen LogP contribution in [-0.2, 0) is 13.0 Å². The van der Waals surface area contributed by atoms with Crippen molar-refractivity contribution in [3.05, 3.63) is 130 Å². The summed E-state index contributed by atoms with van der Waals surface area (Å²) in [7, 11) is 0. The summed E-state index contributed by atoms with van der Waals surface area (Å²) in [5.74, 6) is 2.40. The number of piperidine rings is 1. The number of ether oxygens (including phenoxy) is 1. The number of fused-ring (bicyclic) bond motifs is 1. The van der Waals surface area contributed by atoms with Crippen molar-refractivity contribution < 1.29 is 9.53 Å². The lowest BCUT2D eigenvalue weighted by molar-refractivity contribution is 0.0939. The zero-order valence-electron chi connectivity index (χ0n) is 26.1. The smallest absolute Gasteiger partial charge is 0.170 e. The number of carbonyl (C=O) groups excluding carboxylic acids is 1. The molecule has 6 rings (SSSR count). The van der Waals surface area contributed by atoms with E-state index in [0.717, 1.165) is 66.2 Å². The molecule has 5 nitrogen and oxygen atoms in total. The van der Waals surface area contributed by atoms with Crippen LogP contribution in [-0.4, -0.2) is 40.3 Å². The van der Waals surface area contributed by atoms with Crippen molar-refractivity contribution in [2.24, 2.45) is 5.92 Å². The first-order chi connectivity index (χ1) is 22.0. The van der Waals surface area contributed by atoms with E-state index in [1.807, 2.05) is 72.8 Å². The summed E-state index contributed by atoms with van der Waals surface area (Å²) in [6.45, 7) is 5.76. The highest BCUT2D eigenvalue weighted by Gasteiger charge is 2.25. The number of rotatable bonds is 13. The Balaban J connectivity index is 1.01. The summed E-state index contributed by atoms with van der Waals surface area (Å²) in [6.07, 6.45) is 6.81. The van der Waals surface area contributed by atoms with Crippen molar-refractivity contribution in [1.29, 1.82) is 0 Å². The van der Waals surface area contributed by atoms with Crippen molar-refractivity contribution in [1.82, 2.24) is 14.9 Å². The van der Waals surface area contributed by atoms with Crippen molar-refractivity contribution in [3.63, 3.8) is 0 Å². The van der Waals surface area contributed by atoms with Crippen LogP contribution < -0.4 is 4.74 Å². The van der Waals surface area contributed by atoms with Crippen LogP contribution in [0.15, 0.2) is 97.1 Å². The summed E-state index contributed by atoms with van der Waals surface area (Å²) >= 11 is 5.98. The monoisotopic (exact) mass is 619 g/mol. The van der Waals surface area contributed by atoms with E-state index in [9.17, 15) is 4.79 Å². The molecular formula is C39H42ClN3O2. The fraction of sp³-hybridized carbons (Fsp3) is 0.333. The molecule has 0 radical (unpaired) electrons. The number of nitrogens with one attached hydrogen (secondary N) is 1. The van der Waals surface area contributed by atoms with Gasteiger partial charge in [-0.1, -0.05) is 78.3 Å². The van der Waals surface area contributed by atoms with E-state index in [2.05, 4.69) is 41.1 Å². The molecule has 6 heteroatoms. The molecule has 0 amide bonds. The second kappa shape index (κ2) is 14.9.